The number of anilines is 1. The summed E-state index contributed by atoms with van der Waals surface area (Å²) in [4.78, 5) is 24.7. The van der Waals surface area contributed by atoms with E-state index >= 15 is 0 Å². The van der Waals surface area contributed by atoms with E-state index in [0.717, 1.165) is 19.0 Å². The summed E-state index contributed by atoms with van der Waals surface area (Å²) in [7, 11) is 0. The minimum Gasteiger partial charge on any atom is -0.393 e. The molecule has 21 heavy (non-hydrogen) atoms. The van der Waals surface area contributed by atoms with Crippen molar-refractivity contribution in [2.45, 2.75) is 38.2 Å². The number of nitrogens with zero attached hydrogens (tertiary/aromatic N) is 4. The number of hydrogen-bond donors (Lipinski definition) is 1. The minimum absolute atomic E-state index is 0.0228. The Morgan fingerprint density at radius 2 is 1.90 bits per heavy atom. The normalized spacial score (nSPS) is 20.5. The lowest BCUT2D eigenvalue weighted by molar-refractivity contribution is -0.133. The Kier molecular flexibility index (Phi) is 4.05. The SMILES string of the molecule is CC(O)CC(=O)N1CCN(c2ncc(C3CC3)cn2)CC1. The maximum absolute atomic E-state index is 11.9. The van der Waals surface area contributed by atoms with Crippen molar-refractivity contribution in [3.8, 4) is 0 Å². The second-order valence-electron chi connectivity index (χ2n) is 6.01. The van der Waals surface area contributed by atoms with Gasteiger partial charge in [0.1, 0.15) is 0 Å². The molecule has 1 saturated heterocycles. The van der Waals surface area contributed by atoms with Crippen LogP contribution >= 0.6 is 0 Å². The van der Waals surface area contributed by atoms with Crippen LogP contribution < -0.4 is 4.90 Å². The van der Waals surface area contributed by atoms with E-state index in [1.165, 1.54) is 18.4 Å². The van der Waals surface area contributed by atoms with E-state index in [0.29, 0.717) is 19.0 Å². The lowest BCUT2D eigenvalue weighted by Gasteiger charge is -2.35. The molecule has 1 N–H and O–H groups in total. The molecule has 1 aromatic heterocycles. The fourth-order valence-electron chi connectivity index (χ4n) is 2.66. The fourth-order valence-corrected chi connectivity index (χ4v) is 2.66. The van der Waals surface area contributed by atoms with Crippen LogP contribution in [0.2, 0.25) is 0 Å². The van der Waals surface area contributed by atoms with E-state index in [9.17, 15) is 9.90 Å². The molecule has 0 aromatic carbocycles. The first-order valence-corrected chi connectivity index (χ1v) is 7.66. The van der Waals surface area contributed by atoms with Gasteiger partial charge in [-0.05, 0) is 31.2 Å². The van der Waals surface area contributed by atoms with E-state index < -0.39 is 6.10 Å². The van der Waals surface area contributed by atoms with Gasteiger partial charge in [0.15, 0.2) is 0 Å². The molecule has 6 heteroatoms. The standard InChI is InChI=1S/C15H22N4O2/c1-11(20)8-14(21)18-4-6-19(7-5-18)15-16-9-13(10-17-15)12-2-3-12/h9-12,20H,2-8H2,1H3. The maximum atomic E-state index is 11.9. The Hall–Kier alpha value is -1.69. The third-order valence-electron chi connectivity index (χ3n) is 4.09. The van der Waals surface area contributed by atoms with E-state index in [4.69, 9.17) is 0 Å². The molecule has 2 fully saturated rings. The summed E-state index contributed by atoms with van der Waals surface area (Å²) in [6.07, 6.45) is 6.01. The van der Waals surface area contributed by atoms with Crippen LogP contribution in [0.4, 0.5) is 5.95 Å². The van der Waals surface area contributed by atoms with Gasteiger partial charge >= 0.3 is 0 Å². The van der Waals surface area contributed by atoms with Crippen LogP contribution in [-0.2, 0) is 4.79 Å². The van der Waals surface area contributed by atoms with Gasteiger partial charge in [0, 0.05) is 38.6 Å². The molecular weight excluding hydrogens is 268 g/mol. The maximum Gasteiger partial charge on any atom is 0.225 e. The highest BCUT2D eigenvalue weighted by molar-refractivity contribution is 5.76. The zero-order chi connectivity index (χ0) is 14.8. The number of amides is 1. The van der Waals surface area contributed by atoms with Crippen LogP contribution in [0.3, 0.4) is 0 Å². The Morgan fingerprint density at radius 1 is 1.29 bits per heavy atom. The molecule has 1 aliphatic carbocycles. The Morgan fingerprint density at radius 3 is 2.43 bits per heavy atom. The topological polar surface area (TPSA) is 69.6 Å². The van der Waals surface area contributed by atoms with Gasteiger partial charge in [0.25, 0.3) is 0 Å². The van der Waals surface area contributed by atoms with Gasteiger partial charge in [-0.25, -0.2) is 9.97 Å². The fraction of sp³-hybridized carbons (Fsp3) is 0.667. The lowest BCUT2D eigenvalue weighted by atomic mass is 10.2. The lowest BCUT2D eigenvalue weighted by Crippen LogP contribution is -2.49. The van der Waals surface area contributed by atoms with Crippen molar-refractivity contribution in [1.82, 2.24) is 14.9 Å². The Labute approximate surface area is 124 Å². The van der Waals surface area contributed by atoms with Crippen LogP contribution in [-0.4, -0.2) is 58.2 Å². The highest BCUT2D eigenvalue weighted by atomic mass is 16.3. The van der Waals surface area contributed by atoms with Gasteiger partial charge in [-0.2, -0.15) is 0 Å². The van der Waals surface area contributed by atoms with Gasteiger partial charge in [0.2, 0.25) is 11.9 Å². The molecule has 1 aromatic rings. The molecule has 1 saturated carbocycles. The average Bonchev–Trinajstić information content (AvgIpc) is 3.32. The summed E-state index contributed by atoms with van der Waals surface area (Å²) in [5.41, 5.74) is 1.24. The van der Waals surface area contributed by atoms with Crippen molar-refractivity contribution < 1.29 is 9.90 Å². The Bertz CT molecular complexity index is 491. The first-order valence-electron chi connectivity index (χ1n) is 7.66. The van der Waals surface area contributed by atoms with Crippen molar-refractivity contribution in [2.24, 2.45) is 0 Å². The molecule has 1 amide bonds. The van der Waals surface area contributed by atoms with Crippen LogP contribution in [0.25, 0.3) is 0 Å². The van der Waals surface area contributed by atoms with Crippen molar-refractivity contribution in [3.05, 3.63) is 18.0 Å². The van der Waals surface area contributed by atoms with Gasteiger partial charge in [0.05, 0.1) is 12.5 Å². The molecule has 0 spiro atoms. The van der Waals surface area contributed by atoms with Crippen molar-refractivity contribution in [1.29, 1.82) is 0 Å². The quantitative estimate of drug-likeness (QED) is 0.887. The summed E-state index contributed by atoms with van der Waals surface area (Å²) in [5.74, 6) is 1.45. The number of piperazine rings is 1. The third-order valence-corrected chi connectivity index (χ3v) is 4.09. The number of aliphatic hydroxyl groups is 1. The first-order chi connectivity index (χ1) is 10.1. The largest absolute Gasteiger partial charge is 0.393 e. The number of aromatic nitrogens is 2. The smallest absolute Gasteiger partial charge is 0.225 e. The van der Waals surface area contributed by atoms with Gasteiger partial charge in [-0.3, -0.25) is 4.79 Å². The monoisotopic (exact) mass is 290 g/mol. The first kappa shape index (κ1) is 14.3. The number of hydrogen-bond acceptors (Lipinski definition) is 5. The van der Waals surface area contributed by atoms with Gasteiger partial charge in [-0.15, -0.1) is 0 Å². The van der Waals surface area contributed by atoms with E-state index in [1.54, 1.807) is 6.92 Å². The van der Waals surface area contributed by atoms with Gasteiger partial charge < -0.3 is 14.9 Å². The van der Waals surface area contributed by atoms with Crippen LogP contribution in [0.5, 0.6) is 0 Å². The van der Waals surface area contributed by atoms with Gasteiger partial charge in [-0.1, -0.05) is 0 Å². The van der Waals surface area contributed by atoms with E-state index in [-0.39, 0.29) is 12.3 Å². The second kappa shape index (κ2) is 5.97. The summed E-state index contributed by atoms with van der Waals surface area (Å²) < 4.78 is 0. The molecule has 2 heterocycles. The molecular formula is C15H22N4O2. The summed E-state index contributed by atoms with van der Waals surface area (Å²) >= 11 is 0. The van der Waals surface area contributed by atoms with Crippen molar-refractivity contribution in [2.75, 3.05) is 31.1 Å². The predicted molar refractivity (Wildman–Crippen MR) is 79.1 cm³/mol. The number of carbonyl (C=O) groups is 1. The molecule has 0 radical (unpaired) electrons. The van der Waals surface area contributed by atoms with Crippen molar-refractivity contribution >= 4 is 11.9 Å². The summed E-state index contributed by atoms with van der Waals surface area (Å²) in [6.45, 7) is 4.46. The highest BCUT2D eigenvalue weighted by Gasteiger charge is 2.26. The molecule has 6 nitrogen and oxygen atoms in total. The number of carbonyl (C=O) groups excluding carboxylic acids is 1. The molecule has 2 aliphatic rings. The number of aliphatic hydroxyl groups excluding tert-OH is 1. The summed E-state index contributed by atoms with van der Waals surface area (Å²) in [6, 6.07) is 0. The second-order valence-corrected chi connectivity index (χ2v) is 6.01. The predicted octanol–water partition coefficient (Wildman–Crippen LogP) is 0.773. The third kappa shape index (κ3) is 3.50. The van der Waals surface area contributed by atoms with Crippen molar-refractivity contribution in [3.63, 3.8) is 0 Å². The zero-order valence-corrected chi connectivity index (χ0v) is 12.4. The van der Waals surface area contributed by atoms with Crippen LogP contribution in [0.1, 0.15) is 37.7 Å². The Balaban J connectivity index is 1.54. The average molecular weight is 290 g/mol. The molecule has 1 atom stereocenters. The minimum atomic E-state index is -0.575. The highest BCUT2D eigenvalue weighted by Crippen LogP contribution is 2.39. The number of rotatable bonds is 4. The molecule has 0 bridgehead atoms. The van der Waals surface area contributed by atoms with E-state index in [2.05, 4.69) is 14.9 Å². The molecule has 1 unspecified atom stereocenters. The van der Waals surface area contributed by atoms with E-state index in [1.807, 2.05) is 17.3 Å². The van der Waals surface area contributed by atoms with Crippen LogP contribution in [0, 0.1) is 0 Å². The molecule has 1 aliphatic heterocycles. The van der Waals surface area contributed by atoms with Crippen LogP contribution in [0.15, 0.2) is 12.4 Å². The molecule has 3 rings (SSSR count). The summed E-state index contributed by atoms with van der Waals surface area (Å²) in [5, 5.41) is 9.28. The molecule has 114 valence electrons. The zero-order valence-electron chi connectivity index (χ0n) is 12.4.